The van der Waals surface area contributed by atoms with Gasteiger partial charge in [0.2, 0.25) is 5.91 Å². The highest BCUT2D eigenvalue weighted by molar-refractivity contribution is 8.00. The number of aromatic nitrogens is 4. The van der Waals surface area contributed by atoms with Gasteiger partial charge >= 0.3 is 0 Å². The molecule has 0 aromatic carbocycles. The lowest BCUT2D eigenvalue weighted by atomic mass is 10.2. The molecule has 3 aromatic heterocycles. The molecule has 31 heavy (non-hydrogen) atoms. The van der Waals surface area contributed by atoms with Gasteiger partial charge < -0.3 is 9.32 Å². The summed E-state index contributed by atoms with van der Waals surface area (Å²) in [6, 6.07) is 7.11. The number of furan rings is 1. The van der Waals surface area contributed by atoms with Gasteiger partial charge in [0.1, 0.15) is 5.76 Å². The number of sulfone groups is 1. The lowest BCUT2D eigenvalue weighted by molar-refractivity contribution is -0.130. The average Bonchev–Trinajstić information content (AvgIpc) is 3.49. The molecular weight excluding hydrogens is 438 g/mol. The van der Waals surface area contributed by atoms with E-state index in [2.05, 4.69) is 15.2 Å². The summed E-state index contributed by atoms with van der Waals surface area (Å²) in [4.78, 5) is 18.7. The third-order valence-corrected chi connectivity index (χ3v) is 8.08. The lowest BCUT2D eigenvalue weighted by Crippen LogP contribution is -2.41. The quantitative estimate of drug-likeness (QED) is 0.492. The molecule has 0 radical (unpaired) electrons. The average molecular weight is 462 g/mol. The maximum Gasteiger partial charge on any atom is 0.235 e. The zero-order valence-electron chi connectivity index (χ0n) is 17.2. The largest absolute Gasteiger partial charge is 0.467 e. The van der Waals surface area contributed by atoms with E-state index in [-0.39, 0.29) is 23.5 Å². The van der Waals surface area contributed by atoms with Crippen LogP contribution in [0, 0.1) is 0 Å². The van der Waals surface area contributed by atoms with Gasteiger partial charge in [-0.25, -0.2) is 8.42 Å². The van der Waals surface area contributed by atoms with E-state index in [1.807, 2.05) is 28.8 Å². The molecule has 3 aromatic rings. The Morgan fingerprint density at radius 1 is 1.35 bits per heavy atom. The Kier molecular flexibility index (Phi) is 6.15. The van der Waals surface area contributed by atoms with Crippen LogP contribution in [0.2, 0.25) is 0 Å². The summed E-state index contributed by atoms with van der Waals surface area (Å²) in [6.07, 6.45) is 5.47. The van der Waals surface area contributed by atoms with Crippen LogP contribution in [-0.4, -0.2) is 68.8 Å². The molecule has 0 aliphatic carbocycles. The topological polar surface area (TPSA) is 111 Å². The fourth-order valence-electron chi connectivity index (χ4n) is 3.54. The first-order chi connectivity index (χ1) is 14.8. The summed E-state index contributed by atoms with van der Waals surface area (Å²) in [7, 11) is -1.40. The molecular formula is C20H23N5O4S2. The number of rotatable bonds is 7. The minimum absolute atomic E-state index is 0.0203. The van der Waals surface area contributed by atoms with Crippen molar-refractivity contribution in [1.82, 2.24) is 24.6 Å². The van der Waals surface area contributed by atoms with Crippen LogP contribution in [-0.2, 0) is 21.2 Å². The highest BCUT2D eigenvalue weighted by Crippen LogP contribution is 2.29. The molecule has 9 nitrogen and oxygen atoms in total. The van der Waals surface area contributed by atoms with Crippen molar-refractivity contribution in [2.45, 2.75) is 36.3 Å². The zero-order chi connectivity index (χ0) is 22.0. The first-order valence-electron chi connectivity index (χ1n) is 9.84. The van der Waals surface area contributed by atoms with Gasteiger partial charge in [-0.05, 0) is 37.6 Å². The second-order valence-electron chi connectivity index (χ2n) is 7.48. The lowest BCUT2D eigenvalue weighted by Gasteiger charge is -2.26. The van der Waals surface area contributed by atoms with E-state index in [4.69, 9.17) is 4.42 Å². The van der Waals surface area contributed by atoms with Gasteiger partial charge in [0.15, 0.2) is 20.8 Å². The molecule has 1 saturated heterocycles. The number of nitrogens with zero attached hydrogens (tertiary/aromatic N) is 5. The summed E-state index contributed by atoms with van der Waals surface area (Å²) >= 11 is 1.29. The van der Waals surface area contributed by atoms with Crippen LogP contribution in [0.3, 0.4) is 0 Å². The van der Waals surface area contributed by atoms with Gasteiger partial charge in [0, 0.05) is 31.0 Å². The van der Waals surface area contributed by atoms with Gasteiger partial charge in [0.25, 0.3) is 0 Å². The fraction of sp³-hybridized carbons (Fsp3) is 0.400. The second-order valence-corrected chi connectivity index (χ2v) is 11.0. The van der Waals surface area contributed by atoms with Gasteiger partial charge in [-0.3, -0.25) is 14.3 Å². The van der Waals surface area contributed by atoms with Crippen LogP contribution in [0.1, 0.15) is 19.1 Å². The molecule has 0 bridgehead atoms. The Labute approximate surface area is 184 Å². The fourth-order valence-corrected chi connectivity index (χ4v) is 6.27. The summed E-state index contributed by atoms with van der Waals surface area (Å²) in [5.41, 5.74) is 0.806. The Hall–Kier alpha value is -2.66. The normalized spacial score (nSPS) is 18.7. The van der Waals surface area contributed by atoms with E-state index in [1.54, 1.807) is 37.5 Å². The monoisotopic (exact) mass is 461 g/mol. The molecule has 0 N–H and O–H groups in total. The van der Waals surface area contributed by atoms with Crippen LogP contribution < -0.4 is 0 Å². The van der Waals surface area contributed by atoms with Crippen LogP contribution in [0.4, 0.5) is 0 Å². The van der Waals surface area contributed by atoms with Gasteiger partial charge in [0.05, 0.1) is 29.6 Å². The van der Waals surface area contributed by atoms with E-state index in [1.165, 1.54) is 11.8 Å². The zero-order valence-corrected chi connectivity index (χ0v) is 18.8. The molecule has 4 heterocycles. The third-order valence-electron chi connectivity index (χ3n) is 5.26. The smallest absolute Gasteiger partial charge is 0.235 e. The number of pyridine rings is 1. The number of carbonyl (C=O) groups is 1. The van der Waals surface area contributed by atoms with Gasteiger partial charge in [-0.1, -0.05) is 11.8 Å². The summed E-state index contributed by atoms with van der Waals surface area (Å²) in [6.45, 7) is 2.20. The van der Waals surface area contributed by atoms with Crippen LogP contribution in [0.25, 0.3) is 11.4 Å². The second kappa shape index (κ2) is 8.83. The summed E-state index contributed by atoms with van der Waals surface area (Å²) in [5.74, 6) is 1.37. The molecule has 11 heteroatoms. The van der Waals surface area contributed by atoms with E-state index in [0.717, 1.165) is 11.3 Å². The number of amides is 1. The molecule has 1 aliphatic rings. The first-order valence-corrected chi connectivity index (χ1v) is 12.5. The maximum absolute atomic E-state index is 13.0. The number of carbonyl (C=O) groups excluding carboxylic acids is 1. The summed E-state index contributed by atoms with van der Waals surface area (Å²) < 4.78 is 31.0. The molecule has 0 saturated carbocycles. The molecule has 1 amide bonds. The van der Waals surface area contributed by atoms with Crippen LogP contribution in [0.15, 0.2) is 52.5 Å². The predicted octanol–water partition coefficient (Wildman–Crippen LogP) is 2.11. The van der Waals surface area contributed by atoms with Crippen molar-refractivity contribution < 1.29 is 17.6 Å². The number of thioether (sulfide) groups is 1. The Bertz CT molecular complexity index is 1150. The van der Waals surface area contributed by atoms with E-state index in [9.17, 15) is 13.2 Å². The SMILES string of the molecule is C[C@@H](Sc1nnc(-c2cccnc2)n1Cc1ccco1)C(=O)N(C)[C@@H]1CCS(=O)(=O)C1. The van der Waals surface area contributed by atoms with Crippen molar-refractivity contribution >= 4 is 27.5 Å². The molecule has 1 aliphatic heterocycles. The van der Waals surface area contributed by atoms with Gasteiger partial charge in [-0.15, -0.1) is 10.2 Å². The van der Waals surface area contributed by atoms with Crippen molar-refractivity contribution in [1.29, 1.82) is 0 Å². The van der Waals surface area contributed by atoms with E-state index >= 15 is 0 Å². The Morgan fingerprint density at radius 2 is 2.19 bits per heavy atom. The predicted molar refractivity (Wildman–Crippen MR) is 116 cm³/mol. The molecule has 4 rings (SSSR count). The van der Waals surface area contributed by atoms with Crippen molar-refractivity contribution in [2.24, 2.45) is 0 Å². The van der Waals surface area contributed by atoms with Crippen molar-refractivity contribution in [3.63, 3.8) is 0 Å². The molecule has 1 fully saturated rings. The minimum atomic E-state index is -3.07. The van der Waals surface area contributed by atoms with Crippen LogP contribution >= 0.6 is 11.8 Å². The Morgan fingerprint density at radius 3 is 2.84 bits per heavy atom. The highest BCUT2D eigenvalue weighted by atomic mass is 32.2. The molecule has 0 spiro atoms. The Balaban J connectivity index is 1.56. The van der Waals surface area contributed by atoms with Crippen molar-refractivity contribution in [3.05, 3.63) is 48.7 Å². The van der Waals surface area contributed by atoms with Crippen LogP contribution in [0.5, 0.6) is 0 Å². The number of hydrogen-bond acceptors (Lipinski definition) is 8. The molecule has 2 atom stereocenters. The molecule has 0 unspecified atom stereocenters. The first kappa shape index (κ1) is 21.6. The highest BCUT2D eigenvalue weighted by Gasteiger charge is 2.34. The third kappa shape index (κ3) is 4.82. The van der Waals surface area contributed by atoms with Gasteiger partial charge in [-0.2, -0.15) is 0 Å². The standard InChI is InChI=1S/C20H23N5O4S2/c1-14(19(26)24(2)16-7-10-31(27,28)13-16)30-20-23-22-18(15-5-3-8-21-11-15)25(20)12-17-6-4-9-29-17/h3-6,8-9,11,14,16H,7,10,12-13H2,1-2H3/t14-,16-/m1/s1. The van der Waals surface area contributed by atoms with Crippen molar-refractivity contribution in [2.75, 3.05) is 18.6 Å². The number of hydrogen-bond donors (Lipinski definition) is 0. The van der Waals surface area contributed by atoms with E-state index in [0.29, 0.717) is 23.9 Å². The summed E-state index contributed by atoms with van der Waals surface area (Å²) in [5, 5.41) is 8.75. The maximum atomic E-state index is 13.0. The minimum Gasteiger partial charge on any atom is -0.467 e. The molecule has 164 valence electrons. The van der Waals surface area contributed by atoms with Crippen molar-refractivity contribution in [3.8, 4) is 11.4 Å². The van der Waals surface area contributed by atoms with E-state index < -0.39 is 15.1 Å².